The second-order valence-electron chi connectivity index (χ2n) is 3.32. The quantitative estimate of drug-likeness (QED) is 0.665. The molecule has 3 heteroatoms. The smallest absolute Gasteiger partial charge is 0.308 e. The van der Waals surface area contributed by atoms with Gasteiger partial charge in [0.05, 0.1) is 0 Å². The molecule has 0 saturated carbocycles. The van der Waals surface area contributed by atoms with Gasteiger partial charge >= 0.3 is 6.03 Å². The molecule has 0 atom stereocenters. The highest BCUT2D eigenvalue weighted by Crippen LogP contribution is 2.06. The molecule has 1 aliphatic heterocycles. The molecule has 0 saturated heterocycles. The first kappa shape index (κ1) is 8.84. The predicted octanol–water partition coefficient (Wildman–Crippen LogP) is 1.69. The van der Waals surface area contributed by atoms with Crippen LogP contribution in [0.4, 0.5) is 4.79 Å². The largest absolute Gasteiger partial charge is 0.325 e. The van der Waals surface area contributed by atoms with Gasteiger partial charge < -0.3 is 10.2 Å². The standard InChI is InChI=1S/C9H14N2O/c1-7(2)6-11-5-4-8(3)10-9(11)12/h4-5,7H,3,6H2,1-2H3,(H,10,12). The fourth-order valence-corrected chi connectivity index (χ4v) is 1.04. The maximum Gasteiger partial charge on any atom is 0.325 e. The molecule has 0 bridgehead atoms. The maximum absolute atomic E-state index is 11.2. The van der Waals surface area contributed by atoms with Crippen LogP contribution in [0, 0.1) is 5.92 Å². The fourth-order valence-electron chi connectivity index (χ4n) is 1.04. The highest BCUT2D eigenvalue weighted by Gasteiger charge is 2.15. The molecule has 0 unspecified atom stereocenters. The number of carbonyl (C=O) groups is 1. The molecular weight excluding hydrogens is 152 g/mol. The van der Waals surface area contributed by atoms with Gasteiger partial charge in [0, 0.05) is 18.4 Å². The van der Waals surface area contributed by atoms with Gasteiger partial charge in [0.1, 0.15) is 0 Å². The van der Waals surface area contributed by atoms with Crippen LogP contribution in [0.1, 0.15) is 13.8 Å². The fraction of sp³-hybridized carbons (Fsp3) is 0.444. The minimum Gasteiger partial charge on any atom is -0.308 e. The van der Waals surface area contributed by atoms with Crippen LogP contribution in [-0.2, 0) is 0 Å². The van der Waals surface area contributed by atoms with Gasteiger partial charge in [0.15, 0.2) is 0 Å². The van der Waals surface area contributed by atoms with E-state index in [1.54, 1.807) is 17.2 Å². The number of carbonyl (C=O) groups excluding carboxylic acids is 1. The van der Waals surface area contributed by atoms with Gasteiger partial charge in [0.2, 0.25) is 0 Å². The molecule has 0 aromatic carbocycles. The molecule has 0 aromatic heterocycles. The van der Waals surface area contributed by atoms with Crippen molar-refractivity contribution in [1.82, 2.24) is 10.2 Å². The van der Waals surface area contributed by atoms with E-state index in [1.165, 1.54) is 0 Å². The van der Waals surface area contributed by atoms with Crippen molar-refractivity contribution in [2.45, 2.75) is 13.8 Å². The van der Waals surface area contributed by atoms with E-state index in [-0.39, 0.29) is 6.03 Å². The first-order valence-electron chi connectivity index (χ1n) is 4.04. The maximum atomic E-state index is 11.2. The molecule has 1 heterocycles. The van der Waals surface area contributed by atoms with Crippen LogP contribution in [0.3, 0.4) is 0 Å². The Morgan fingerprint density at radius 2 is 2.33 bits per heavy atom. The lowest BCUT2D eigenvalue weighted by Gasteiger charge is -2.24. The number of hydrogen-bond donors (Lipinski definition) is 1. The minimum absolute atomic E-state index is 0.0869. The molecule has 0 fully saturated rings. The summed E-state index contributed by atoms with van der Waals surface area (Å²) in [5.41, 5.74) is 0.653. The van der Waals surface area contributed by atoms with Crippen molar-refractivity contribution in [2.75, 3.05) is 6.54 Å². The normalized spacial score (nSPS) is 17.1. The summed E-state index contributed by atoms with van der Waals surface area (Å²) in [5, 5.41) is 2.64. The summed E-state index contributed by atoms with van der Waals surface area (Å²) in [6.45, 7) is 8.53. The van der Waals surface area contributed by atoms with Crippen LogP contribution in [0.15, 0.2) is 24.6 Å². The van der Waals surface area contributed by atoms with Crippen LogP contribution in [-0.4, -0.2) is 17.5 Å². The number of urea groups is 1. The lowest BCUT2D eigenvalue weighted by atomic mass is 10.2. The van der Waals surface area contributed by atoms with Crippen molar-refractivity contribution in [2.24, 2.45) is 5.92 Å². The van der Waals surface area contributed by atoms with Gasteiger partial charge in [-0.1, -0.05) is 20.4 Å². The van der Waals surface area contributed by atoms with E-state index in [4.69, 9.17) is 0 Å². The van der Waals surface area contributed by atoms with E-state index in [1.807, 2.05) is 0 Å². The summed E-state index contributed by atoms with van der Waals surface area (Å²) in [4.78, 5) is 12.9. The lowest BCUT2D eigenvalue weighted by molar-refractivity contribution is 0.211. The van der Waals surface area contributed by atoms with E-state index in [9.17, 15) is 4.79 Å². The monoisotopic (exact) mass is 166 g/mol. The Bertz CT molecular complexity index is 231. The summed E-state index contributed by atoms with van der Waals surface area (Å²) >= 11 is 0. The SMILES string of the molecule is C=C1C=CN(CC(C)C)C(=O)N1. The van der Waals surface area contributed by atoms with Gasteiger partial charge in [-0.25, -0.2) is 4.79 Å². The molecule has 0 spiro atoms. The molecule has 0 radical (unpaired) electrons. The zero-order valence-electron chi connectivity index (χ0n) is 7.50. The van der Waals surface area contributed by atoms with Crippen molar-refractivity contribution in [3.05, 3.63) is 24.6 Å². The third-order valence-corrected chi connectivity index (χ3v) is 1.55. The van der Waals surface area contributed by atoms with Crippen LogP contribution in [0.2, 0.25) is 0 Å². The van der Waals surface area contributed by atoms with Crippen LogP contribution >= 0.6 is 0 Å². The summed E-state index contributed by atoms with van der Waals surface area (Å²) in [5.74, 6) is 0.478. The lowest BCUT2D eigenvalue weighted by Crippen LogP contribution is -2.40. The molecule has 1 rings (SSSR count). The highest BCUT2D eigenvalue weighted by atomic mass is 16.2. The molecule has 3 nitrogen and oxygen atoms in total. The molecule has 0 aliphatic carbocycles. The summed E-state index contributed by atoms with van der Waals surface area (Å²) < 4.78 is 0. The zero-order valence-corrected chi connectivity index (χ0v) is 7.50. The van der Waals surface area contributed by atoms with Gasteiger partial charge in [0.25, 0.3) is 0 Å². The van der Waals surface area contributed by atoms with E-state index < -0.39 is 0 Å². The van der Waals surface area contributed by atoms with Gasteiger partial charge in [-0.05, 0) is 12.0 Å². The van der Waals surface area contributed by atoms with Crippen molar-refractivity contribution < 1.29 is 4.79 Å². The number of nitrogens with zero attached hydrogens (tertiary/aromatic N) is 1. The van der Waals surface area contributed by atoms with Crippen LogP contribution in [0.5, 0.6) is 0 Å². The number of allylic oxidation sites excluding steroid dienone is 1. The van der Waals surface area contributed by atoms with Crippen molar-refractivity contribution in [1.29, 1.82) is 0 Å². The van der Waals surface area contributed by atoms with E-state index in [2.05, 4.69) is 25.7 Å². The number of hydrogen-bond acceptors (Lipinski definition) is 1. The predicted molar refractivity (Wildman–Crippen MR) is 48.4 cm³/mol. The van der Waals surface area contributed by atoms with Crippen LogP contribution in [0.25, 0.3) is 0 Å². The zero-order chi connectivity index (χ0) is 9.14. The summed E-state index contributed by atoms with van der Waals surface area (Å²) in [6.07, 6.45) is 3.56. The molecule has 2 amide bonds. The topological polar surface area (TPSA) is 32.3 Å². The molecule has 66 valence electrons. The third kappa shape index (κ3) is 2.12. The van der Waals surface area contributed by atoms with Gasteiger partial charge in [-0.15, -0.1) is 0 Å². The molecule has 12 heavy (non-hydrogen) atoms. The molecule has 1 aliphatic rings. The van der Waals surface area contributed by atoms with Gasteiger partial charge in [-0.2, -0.15) is 0 Å². The molecule has 0 aromatic rings. The molecular formula is C9H14N2O. The van der Waals surface area contributed by atoms with Crippen molar-refractivity contribution >= 4 is 6.03 Å². The third-order valence-electron chi connectivity index (χ3n) is 1.55. The number of nitrogens with one attached hydrogen (secondary N) is 1. The Kier molecular flexibility index (Phi) is 2.53. The molecule has 1 N–H and O–H groups in total. The van der Waals surface area contributed by atoms with Crippen molar-refractivity contribution in [3.63, 3.8) is 0 Å². The Morgan fingerprint density at radius 1 is 1.67 bits per heavy atom. The first-order chi connectivity index (χ1) is 5.59. The summed E-state index contributed by atoms with van der Waals surface area (Å²) in [6, 6.07) is -0.0869. The van der Waals surface area contributed by atoms with E-state index >= 15 is 0 Å². The Morgan fingerprint density at radius 3 is 2.83 bits per heavy atom. The highest BCUT2D eigenvalue weighted by molar-refractivity contribution is 5.79. The van der Waals surface area contributed by atoms with Crippen molar-refractivity contribution in [3.8, 4) is 0 Å². The summed E-state index contributed by atoms with van der Waals surface area (Å²) in [7, 11) is 0. The second kappa shape index (κ2) is 3.43. The van der Waals surface area contributed by atoms with E-state index in [0.717, 1.165) is 6.54 Å². The van der Waals surface area contributed by atoms with E-state index in [0.29, 0.717) is 11.6 Å². The first-order valence-corrected chi connectivity index (χ1v) is 4.04. The minimum atomic E-state index is -0.0869. The number of amides is 2. The average molecular weight is 166 g/mol. The van der Waals surface area contributed by atoms with Crippen LogP contribution < -0.4 is 5.32 Å². The Hall–Kier alpha value is -1.25. The number of rotatable bonds is 2. The van der Waals surface area contributed by atoms with Gasteiger partial charge in [-0.3, -0.25) is 0 Å². The Labute approximate surface area is 72.7 Å². The average Bonchev–Trinajstić information content (AvgIpc) is 1.94. The second-order valence-corrected chi connectivity index (χ2v) is 3.32. The Balaban J connectivity index is 2.60.